The van der Waals surface area contributed by atoms with Crippen LogP contribution >= 0.6 is 11.3 Å². The van der Waals surface area contributed by atoms with Crippen LogP contribution in [-0.4, -0.2) is 32.3 Å². The van der Waals surface area contributed by atoms with Crippen molar-refractivity contribution in [1.82, 2.24) is 0 Å². The third kappa shape index (κ3) is 3.93. The Kier molecular flexibility index (Phi) is 5.94. The molecule has 0 bridgehead atoms. The lowest BCUT2D eigenvalue weighted by Gasteiger charge is -2.13. The lowest BCUT2D eigenvalue weighted by molar-refractivity contribution is -0.111. The SMILES string of the molecule is COC(=O)c1sc(C#CC(C)C)cc1N(C=O)CC=O. The molecular formula is C14H15NO4S. The topological polar surface area (TPSA) is 63.7 Å². The van der Waals surface area contributed by atoms with Crippen LogP contribution < -0.4 is 4.90 Å². The highest BCUT2D eigenvalue weighted by molar-refractivity contribution is 7.15. The van der Waals surface area contributed by atoms with Gasteiger partial charge < -0.3 is 14.4 Å². The highest BCUT2D eigenvalue weighted by Crippen LogP contribution is 2.30. The van der Waals surface area contributed by atoms with Gasteiger partial charge in [0.15, 0.2) is 0 Å². The van der Waals surface area contributed by atoms with Gasteiger partial charge in [-0.1, -0.05) is 25.7 Å². The summed E-state index contributed by atoms with van der Waals surface area (Å²) in [4.78, 5) is 35.4. The first kappa shape index (κ1) is 15.9. The van der Waals surface area contributed by atoms with E-state index in [0.717, 1.165) is 16.2 Å². The van der Waals surface area contributed by atoms with Crippen molar-refractivity contribution in [2.75, 3.05) is 18.6 Å². The quantitative estimate of drug-likeness (QED) is 0.471. The number of esters is 1. The maximum atomic E-state index is 11.7. The van der Waals surface area contributed by atoms with Crippen LogP contribution in [0.2, 0.25) is 0 Å². The molecular weight excluding hydrogens is 278 g/mol. The molecule has 0 radical (unpaired) electrons. The predicted octanol–water partition coefficient (Wildman–Crippen LogP) is 1.70. The first-order valence-electron chi connectivity index (χ1n) is 5.92. The molecule has 0 aliphatic rings. The van der Waals surface area contributed by atoms with Crippen molar-refractivity contribution in [2.45, 2.75) is 13.8 Å². The van der Waals surface area contributed by atoms with E-state index in [4.69, 9.17) is 0 Å². The molecule has 6 heteroatoms. The fourth-order valence-corrected chi connectivity index (χ4v) is 2.34. The van der Waals surface area contributed by atoms with Crippen molar-refractivity contribution >= 4 is 35.7 Å². The molecule has 20 heavy (non-hydrogen) atoms. The van der Waals surface area contributed by atoms with Crippen molar-refractivity contribution < 1.29 is 19.1 Å². The second-order valence-corrected chi connectivity index (χ2v) is 5.22. The molecule has 1 aromatic rings. The first-order valence-corrected chi connectivity index (χ1v) is 6.74. The highest BCUT2D eigenvalue weighted by atomic mass is 32.1. The predicted molar refractivity (Wildman–Crippen MR) is 76.8 cm³/mol. The maximum absolute atomic E-state index is 11.7. The minimum atomic E-state index is -0.555. The molecule has 1 amide bonds. The summed E-state index contributed by atoms with van der Waals surface area (Å²) < 4.78 is 4.68. The van der Waals surface area contributed by atoms with Gasteiger partial charge in [-0.05, 0) is 6.07 Å². The van der Waals surface area contributed by atoms with E-state index in [9.17, 15) is 14.4 Å². The number of hydrogen-bond acceptors (Lipinski definition) is 5. The van der Waals surface area contributed by atoms with Crippen molar-refractivity contribution in [3.8, 4) is 11.8 Å². The summed E-state index contributed by atoms with van der Waals surface area (Å²) in [5, 5.41) is 0. The van der Waals surface area contributed by atoms with Gasteiger partial charge in [-0.15, -0.1) is 11.3 Å². The molecule has 1 heterocycles. The maximum Gasteiger partial charge on any atom is 0.350 e. The minimum absolute atomic E-state index is 0.124. The van der Waals surface area contributed by atoms with Crippen LogP contribution in [0.1, 0.15) is 28.4 Å². The summed E-state index contributed by atoms with van der Waals surface area (Å²) in [5.41, 5.74) is 0.344. The number of carbonyl (C=O) groups excluding carboxylic acids is 3. The van der Waals surface area contributed by atoms with Gasteiger partial charge in [-0.25, -0.2) is 4.79 Å². The second kappa shape index (κ2) is 7.46. The van der Waals surface area contributed by atoms with Crippen LogP contribution in [0.15, 0.2) is 6.07 Å². The highest BCUT2D eigenvalue weighted by Gasteiger charge is 2.20. The summed E-state index contributed by atoms with van der Waals surface area (Å²) in [7, 11) is 1.26. The van der Waals surface area contributed by atoms with Crippen LogP contribution in [0.5, 0.6) is 0 Å². The molecule has 0 saturated carbocycles. The van der Waals surface area contributed by atoms with Gasteiger partial charge in [-0.3, -0.25) is 4.79 Å². The number of aldehydes is 1. The first-order chi connectivity index (χ1) is 9.53. The van der Waals surface area contributed by atoms with Crippen molar-refractivity contribution in [3.05, 3.63) is 15.8 Å². The lowest BCUT2D eigenvalue weighted by atomic mass is 10.2. The molecule has 0 atom stereocenters. The molecule has 0 aliphatic heterocycles. The third-order valence-corrected chi connectivity index (χ3v) is 3.29. The largest absolute Gasteiger partial charge is 0.465 e. The third-order valence-electron chi connectivity index (χ3n) is 2.28. The van der Waals surface area contributed by atoms with Crippen LogP contribution in [0.3, 0.4) is 0 Å². The Morgan fingerprint density at radius 2 is 2.20 bits per heavy atom. The Bertz CT molecular complexity index is 565. The van der Waals surface area contributed by atoms with Crippen molar-refractivity contribution in [2.24, 2.45) is 5.92 Å². The van der Waals surface area contributed by atoms with Crippen LogP contribution in [-0.2, 0) is 14.3 Å². The summed E-state index contributed by atoms with van der Waals surface area (Å²) >= 11 is 1.14. The lowest BCUT2D eigenvalue weighted by Crippen LogP contribution is -2.24. The minimum Gasteiger partial charge on any atom is -0.465 e. The number of hydrogen-bond donors (Lipinski definition) is 0. The van der Waals surface area contributed by atoms with E-state index in [1.165, 1.54) is 7.11 Å². The van der Waals surface area contributed by atoms with E-state index < -0.39 is 5.97 Å². The Balaban J connectivity index is 3.26. The Morgan fingerprint density at radius 3 is 2.70 bits per heavy atom. The zero-order valence-electron chi connectivity index (χ0n) is 11.5. The normalized spacial score (nSPS) is 9.60. The standard InChI is InChI=1S/C14H15NO4S/c1-10(2)4-5-11-8-12(15(9-17)6-7-16)13(20-11)14(18)19-3/h7-10H,6H2,1-3H3. The fourth-order valence-electron chi connectivity index (χ4n) is 1.39. The zero-order valence-corrected chi connectivity index (χ0v) is 12.3. The molecule has 0 spiro atoms. The van der Waals surface area contributed by atoms with Gasteiger partial charge in [-0.2, -0.15) is 0 Å². The molecule has 0 unspecified atom stereocenters. The monoisotopic (exact) mass is 293 g/mol. The number of ether oxygens (including phenoxy) is 1. The molecule has 0 aromatic carbocycles. The van der Waals surface area contributed by atoms with E-state index in [2.05, 4.69) is 16.6 Å². The van der Waals surface area contributed by atoms with E-state index in [1.54, 1.807) is 6.07 Å². The Labute approximate surface area is 121 Å². The number of anilines is 1. The van der Waals surface area contributed by atoms with E-state index in [-0.39, 0.29) is 17.3 Å². The van der Waals surface area contributed by atoms with Crippen molar-refractivity contribution in [1.29, 1.82) is 0 Å². The van der Waals surface area contributed by atoms with Crippen LogP contribution in [0.25, 0.3) is 0 Å². The van der Waals surface area contributed by atoms with Gasteiger partial charge >= 0.3 is 5.97 Å². The molecule has 0 aliphatic carbocycles. The molecule has 0 saturated heterocycles. The van der Waals surface area contributed by atoms with Gasteiger partial charge in [0.05, 0.1) is 24.2 Å². The molecule has 0 N–H and O–H groups in total. The van der Waals surface area contributed by atoms with Crippen LogP contribution in [0.4, 0.5) is 5.69 Å². The summed E-state index contributed by atoms with van der Waals surface area (Å²) in [6.45, 7) is 3.78. The van der Waals surface area contributed by atoms with Gasteiger partial charge in [0.25, 0.3) is 0 Å². The molecule has 1 aromatic heterocycles. The smallest absolute Gasteiger partial charge is 0.350 e. The van der Waals surface area contributed by atoms with Gasteiger partial charge in [0.2, 0.25) is 6.41 Å². The van der Waals surface area contributed by atoms with Crippen molar-refractivity contribution in [3.63, 3.8) is 0 Å². The summed E-state index contributed by atoms with van der Waals surface area (Å²) in [6, 6.07) is 1.62. The number of carbonyl (C=O) groups is 3. The molecule has 1 rings (SSSR count). The molecule has 106 valence electrons. The molecule has 0 fully saturated rings. The average Bonchev–Trinajstić information content (AvgIpc) is 2.85. The van der Waals surface area contributed by atoms with E-state index in [0.29, 0.717) is 23.3 Å². The second-order valence-electron chi connectivity index (χ2n) is 4.17. The number of rotatable bonds is 5. The zero-order chi connectivity index (χ0) is 15.1. The van der Waals surface area contributed by atoms with Crippen LogP contribution in [0, 0.1) is 17.8 Å². The van der Waals surface area contributed by atoms with Gasteiger partial charge in [0, 0.05) is 5.92 Å². The summed E-state index contributed by atoms with van der Waals surface area (Å²) in [5.74, 6) is 5.55. The average molecular weight is 293 g/mol. The number of thiophene rings is 1. The van der Waals surface area contributed by atoms with Gasteiger partial charge in [0.1, 0.15) is 11.2 Å². The number of nitrogens with zero attached hydrogens (tertiary/aromatic N) is 1. The fraction of sp³-hybridized carbons (Fsp3) is 0.357. The molecule has 5 nitrogen and oxygen atoms in total. The number of amides is 1. The Morgan fingerprint density at radius 1 is 1.50 bits per heavy atom. The number of methoxy groups -OCH3 is 1. The summed E-state index contributed by atoms with van der Waals surface area (Å²) in [6.07, 6.45) is 1.09. The van der Waals surface area contributed by atoms with E-state index in [1.807, 2.05) is 13.8 Å². The van der Waals surface area contributed by atoms with E-state index >= 15 is 0 Å². The Hall–Kier alpha value is -2.13.